The summed E-state index contributed by atoms with van der Waals surface area (Å²) in [6, 6.07) is 4.73. The second kappa shape index (κ2) is 5.12. The van der Waals surface area contributed by atoms with Crippen molar-refractivity contribution in [3.05, 3.63) is 41.8 Å². The second-order valence-electron chi connectivity index (χ2n) is 5.16. The fourth-order valence-corrected chi connectivity index (χ4v) is 2.36. The lowest BCUT2D eigenvalue weighted by Crippen LogP contribution is -2.42. The van der Waals surface area contributed by atoms with Crippen LogP contribution in [0.1, 0.15) is 23.2 Å². The molecule has 1 atom stereocenters. The smallest absolute Gasteiger partial charge is 0.326 e. The van der Waals surface area contributed by atoms with Crippen LogP contribution < -0.4 is 5.32 Å². The first-order chi connectivity index (χ1) is 10.1. The quantitative estimate of drug-likeness (QED) is 0.901. The summed E-state index contributed by atoms with van der Waals surface area (Å²) in [5.41, 5.74) is 0.411. The van der Waals surface area contributed by atoms with Gasteiger partial charge in [-0.2, -0.15) is 0 Å². The Balaban J connectivity index is 1.95. The first kappa shape index (κ1) is 13.5. The molecular weight excluding hydrogens is 275 g/mol. The molecular formula is C15H13FN2O3. The molecule has 1 aromatic carbocycles. The zero-order valence-electron chi connectivity index (χ0n) is 11.0. The van der Waals surface area contributed by atoms with Crippen LogP contribution in [0.25, 0.3) is 10.9 Å². The molecule has 1 heterocycles. The minimum Gasteiger partial charge on any atom is -0.480 e. The van der Waals surface area contributed by atoms with Crippen LogP contribution in [-0.2, 0) is 4.79 Å². The molecule has 0 aliphatic heterocycles. The number of nitrogens with one attached hydrogen (secondary N) is 1. The number of nitrogens with zero attached hydrogens (tertiary/aromatic N) is 1. The Hall–Kier alpha value is -2.50. The summed E-state index contributed by atoms with van der Waals surface area (Å²) in [7, 11) is 0. The number of carboxylic acid groups (broad SMARTS) is 1. The van der Waals surface area contributed by atoms with Crippen molar-refractivity contribution in [2.45, 2.75) is 18.9 Å². The molecule has 0 saturated heterocycles. The number of benzene rings is 1. The molecule has 1 aliphatic rings. The van der Waals surface area contributed by atoms with E-state index in [4.69, 9.17) is 5.11 Å². The summed E-state index contributed by atoms with van der Waals surface area (Å²) in [5, 5.41) is 12.1. The molecule has 1 saturated carbocycles. The van der Waals surface area contributed by atoms with Gasteiger partial charge < -0.3 is 10.4 Å². The number of halogens is 1. The van der Waals surface area contributed by atoms with E-state index in [1.165, 1.54) is 12.3 Å². The molecule has 1 aliphatic carbocycles. The van der Waals surface area contributed by atoms with Gasteiger partial charge >= 0.3 is 5.97 Å². The highest BCUT2D eigenvalue weighted by atomic mass is 19.1. The van der Waals surface area contributed by atoms with Gasteiger partial charge in [0.05, 0.1) is 11.1 Å². The summed E-state index contributed by atoms with van der Waals surface area (Å²) in [6.45, 7) is 0. The van der Waals surface area contributed by atoms with Crippen LogP contribution in [0.2, 0.25) is 0 Å². The average Bonchev–Trinajstić information content (AvgIpc) is 3.27. The van der Waals surface area contributed by atoms with Crippen LogP contribution in [-0.4, -0.2) is 28.0 Å². The SMILES string of the molecule is O=C(NC(C(=O)O)C1CC1)c1cc(F)cc2cccnc12. The van der Waals surface area contributed by atoms with Crippen molar-refractivity contribution in [1.29, 1.82) is 0 Å². The van der Waals surface area contributed by atoms with Gasteiger partial charge in [-0.25, -0.2) is 9.18 Å². The zero-order valence-corrected chi connectivity index (χ0v) is 11.0. The highest BCUT2D eigenvalue weighted by molar-refractivity contribution is 6.06. The normalized spacial score (nSPS) is 15.7. The number of carbonyl (C=O) groups is 2. The van der Waals surface area contributed by atoms with E-state index >= 15 is 0 Å². The molecule has 1 unspecified atom stereocenters. The molecule has 6 heteroatoms. The van der Waals surface area contributed by atoms with E-state index < -0.39 is 23.7 Å². The lowest BCUT2D eigenvalue weighted by atomic mass is 10.1. The standard InChI is InChI=1S/C15H13FN2O3/c16-10-6-9-2-1-5-17-12(9)11(7-10)14(19)18-13(15(20)21)8-3-4-8/h1-2,5-8,13H,3-4H2,(H,18,19)(H,20,21). The monoisotopic (exact) mass is 288 g/mol. The molecule has 21 heavy (non-hydrogen) atoms. The summed E-state index contributed by atoms with van der Waals surface area (Å²) < 4.78 is 13.6. The number of rotatable bonds is 4. The Bertz CT molecular complexity index is 728. The third kappa shape index (κ3) is 2.69. The second-order valence-corrected chi connectivity index (χ2v) is 5.16. The highest BCUT2D eigenvalue weighted by Gasteiger charge is 2.37. The number of hydrogen-bond donors (Lipinski definition) is 2. The number of amides is 1. The molecule has 0 bridgehead atoms. The van der Waals surface area contributed by atoms with E-state index in [0.29, 0.717) is 10.9 Å². The first-order valence-electron chi connectivity index (χ1n) is 6.64. The Morgan fingerprint density at radius 1 is 1.38 bits per heavy atom. The van der Waals surface area contributed by atoms with Gasteiger partial charge in [-0.05, 0) is 37.0 Å². The maximum absolute atomic E-state index is 13.6. The first-order valence-corrected chi connectivity index (χ1v) is 6.64. The molecule has 108 valence electrons. The Morgan fingerprint density at radius 3 is 2.81 bits per heavy atom. The van der Waals surface area contributed by atoms with Gasteiger partial charge in [-0.15, -0.1) is 0 Å². The van der Waals surface area contributed by atoms with E-state index in [1.54, 1.807) is 12.1 Å². The number of carboxylic acids is 1. The molecule has 2 aromatic rings. The maximum atomic E-state index is 13.6. The number of carbonyl (C=O) groups excluding carboxylic acids is 1. The lowest BCUT2D eigenvalue weighted by Gasteiger charge is -2.14. The van der Waals surface area contributed by atoms with Crippen molar-refractivity contribution < 1.29 is 19.1 Å². The van der Waals surface area contributed by atoms with Crippen molar-refractivity contribution in [3.63, 3.8) is 0 Å². The van der Waals surface area contributed by atoms with Gasteiger partial charge in [-0.1, -0.05) is 6.07 Å². The van der Waals surface area contributed by atoms with Crippen molar-refractivity contribution in [2.75, 3.05) is 0 Å². The number of pyridine rings is 1. The molecule has 1 amide bonds. The van der Waals surface area contributed by atoms with Crippen LogP contribution >= 0.6 is 0 Å². The van der Waals surface area contributed by atoms with E-state index in [-0.39, 0.29) is 11.5 Å². The molecule has 0 spiro atoms. The molecule has 0 radical (unpaired) electrons. The van der Waals surface area contributed by atoms with Gasteiger partial charge in [0.15, 0.2) is 0 Å². The molecule has 2 N–H and O–H groups in total. The average molecular weight is 288 g/mol. The highest BCUT2D eigenvalue weighted by Crippen LogP contribution is 2.33. The van der Waals surface area contributed by atoms with Crippen LogP contribution in [0.3, 0.4) is 0 Å². The summed E-state index contributed by atoms with van der Waals surface area (Å²) in [6.07, 6.45) is 3.06. The van der Waals surface area contributed by atoms with Gasteiger partial charge in [0.2, 0.25) is 0 Å². The fourth-order valence-electron chi connectivity index (χ4n) is 2.36. The number of fused-ring (bicyclic) bond motifs is 1. The van der Waals surface area contributed by atoms with Gasteiger partial charge in [0.25, 0.3) is 5.91 Å². The topological polar surface area (TPSA) is 79.3 Å². The summed E-state index contributed by atoms with van der Waals surface area (Å²) in [4.78, 5) is 27.5. The fraction of sp³-hybridized carbons (Fsp3) is 0.267. The van der Waals surface area contributed by atoms with Crippen molar-refractivity contribution in [3.8, 4) is 0 Å². The van der Waals surface area contributed by atoms with Gasteiger partial charge in [0, 0.05) is 11.6 Å². The van der Waals surface area contributed by atoms with Gasteiger partial charge in [0.1, 0.15) is 11.9 Å². The minimum atomic E-state index is -1.07. The maximum Gasteiger partial charge on any atom is 0.326 e. The Morgan fingerprint density at radius 2 is 2.14 bits per heavy atom. The molecule has 5 nitrogen and oxygen atoms in total. The van der Waals surface area contributed by atoms with E-state index in [9.17, 15) is 14.0 Å². The largest absolute Gasteiger partial charge is 0.480 e. The van der Waals surface area contributed by atoms with Crippen molar-refractivity contribution in [2.24, 2.45) is 5.92 Å². The number of hydrogen-bond acceptors (Lipinski definition) is 3. The van der Waals surface area contributed by atoms with Gasteiger partial charge in [-0.3, -0.25) is 9.78 Å². The number of aliphatic carboxylic acids is 1. The van der Waals surface area contributed by atoms with Crippen molar-refractivity contribution in [1.82, 2.24) is 10.3 Å². The van der Waals surface area contributed by atoms with Crippen LogP contribution in [0, 0.1) is 11.7 Å². The Labute approximate surface area is 119 Å². The number of aromatic nitrogens is 1. The Kier molecular flexibility index (Phi) is 3.29. The van der Waals surface area contributed by atoms with E-state index in [1.807, 2.05) is 0 Å². The van der Waals surface area contributed by atoms with Crippen LogP contribution in [0.4, 0.5) is 4.39 Å². The zero-order chi connectivity index (χ0) is 15.0. The van der Waals surface area contributed by atoms with Crippen LogP contribution in [0.5, 0.6) is 0 Å². The molecule has 1 fully saturated rings. The summed E-state index contributed by atoms with van der Waals surface area (Å²) in [5.74, 6) is -2.28. The third-order valence-electron chi connectivity index (χ3n) is 3.56. The predicted octanol–water partition coefficient (Wildman–Crippen LogP) is 1.97. The molecule has 1 aromatic heterocycles. The van der Waals surface area contributed by atoms with E-state index in [2.05, 4.69) is 10.3 Å². The minimum absolute atomic E-state index is 0.0424. The lowest BCUT2D eigenvalue weighted by molar-refractivity contribution is -0.139. The van der Waals surface area contributed by atoms with E-state index in [0.717, 1.165) is 18.9 Å². The van der Waals surface area contributed by atoms with Crippen molar-refractivity contribution >= 4 is 22.8 Å². The molecule has 3 rings (SSSR count). The predicted molar refractivity (Wildman–Crippen MR) is 73.3 cm³/mol. The third-order valence-corrected chi connectivity index (χ3v) is 3.56. The summed E-state index contributed by atoms with van der Waals surface area (Å²) >= 11 is 0. The van der Waals surface area contributed by atoms with Crippen LogP contribution in [0.15, 0.2) is 30.5 Å².